The van der Waals surface area contributed by atoms with Crippen molar-refractivity contribution in [3.05, 3.63) is 10.6 Å². The van der Waals surface area contributed by atoms with Crippen molar-refractivity contribution >= 4 is 17.6 Å². The predicted molar refractivity (Wildman–Crippen MR) is 122 cm³/mol. The molecule has 10 nitrogen and oxygen atoms in total. The Morgan fingerprint density at radius 3 is 1.69 bits per heavy atom. The van der Waals surface area contributed by atoms with E-state index in [-0.39, 0.29) is 47.6 Å². The van der Waals surface area contributed by atoms with Gasteiger partial charge >= 0.3 is 34.7 Å². The minimum Gasteiger partial charge on any atom is -0.661 e. The van der Waals surface area contributed by atoms with Gasteiger partial charge in [0.05, 0.1) is 37.1 Å². The molecule has 0 aliphatic carbocycles. The molecule has 0 spiro atoms. The van der Waals surface area contributed by atoms with Crippen LogP contribution in [0.15, 0.2) is 0 Å². The monoisotopic (exact) mass is 539 g/mol. The Kier molecular flexibility index (Phi) is 12.2. The Labute approximate surface area is 205 Å². The number of hydrogen-bond acceptors (Lipinski definition) is 8. The van der Waals surface area contributed by atoms with Gasteiger partial charge in [-0.15, -0.1) is 26.2 Å². The standard InChI is InChI=1S/C10H21N2O3Si.C9H19N2O3Si.Cu/c1-8-10-9(2)14-16(13-8,15-10)7-3-5-12-6-4-11;1-8-9-7-12-15(13-8,14-9)6-2-4-11-5-3-10;/h8-10H,3-7,11H2,1-2H3;8-9H,2-7,10H2,1H3;/q2*-1;+2. The van der Waals surface area contributed by atoms with Gasteiger partial charge in [-0.3, -0.25) is 0 Å². The molecule has 4 saturated heterocycles. The maximum Gasteiger partial charge on any atom is 2.00 e. The number of hydrogen-bond donors (Lipinski definition) is 2. The molecular formula is C19H40CuN4O6Si2. The normalized spacial score (nSPS) is 39.1. The second-order valence-corrected chi connectivity index (χ2v) is 13.7. The van der Waals surface area contributed by atoms with E-state index in [1.165, 1.54) is 0 Å². The minimum atomic E-state index is -2.31. The van der Waals surface area contributed by atoms with Crippen LogP contribution >= 0.6 is 0 Å². The zero-order valence-corrected chi connectivity index (χ0v) is 22.4. The van der Waals surface area contributed by atoms with Gasteiger partial charge in [0.2, 0.25) is 0 Å². The summed E-state index contributed by atoms with van der Waals surface area (Å²) in [5.74, 6) is 0. The Balaban J connectivity index is 0.000000220. The van der Waals surface area contributed by atoms with E-state index in [4.69, 9.17) is 38.0 Å². The largest absolute Gasteiger partial charge is 2.00 e. The van der Waals surface area contributed by atoms with Gasteiger partial charge in [-0.25, -0.2) is 0 Å². The van der Waals surface area contributed by atoms with E-state index >= 15 is 0 Å². The van der Waals surface area contributed by atoms with Crippen LogP contribution in [-0.4, -0.2) is 94.0 Å². The summed E-state index contributed by atoms with van der Waals surface area (Å²) in [7, 11) is -4.56. The number of nitrogens with two attached hydrogens (primary N) is 2. The molecule has 5 unspecified atom stereocenters. The molecule has 191 valence electrons. The molecule has 4 aliphatic rings. The first-order valence-corrected chi connectivity index (χ1v) is 15.5. The van der Waals surface area contributed by atoms with Crippen LogP contribution in [0, 0.1) is 0 Å². The average molecular weight is 540 g/mol. The fourth-order valence-corrected chi connectivity index (χ4v) is 10.6. The van der Waals surface area contributed by atoms with E-state index in [2.05, 4.69) is 31.4 Å². The van der Waals surface area contributed by atoms with Crippen molar-refractivity contribution < 1.29 is 43.6 Å². The first-order valence-electron chi connectivity index (χ1n) is 11.6. The Bertz CT molecular complexity index is 544. The molecule has 0 aromatic rings. The fourth-order valence-electron chi connectivity index (χ4n) is 4.31. The van der Waals surface area contributed by atoms with Crippen molar-refractivity contribution in [2.24, 2.45) is 11.5 Å². The molecule has 1 radical (unpaired) electrons. The molecule has 4 N–H and O–H groups in total. The van der Waals surface area contributed by atoms with Crippen molar-refractivity contribution in [1.29, 1.82) is 0 Å². The van der Waals surface area contributed by atoms with Crippen LogP contribution in [-0.2, 0) is 43.6 Å². The molecule has 0 saturated carbocycles. The van der Waals surface area contributed by atoms with E-state index in [1.54, 1.807) is 0 Å². The number of nitrogens with zero attached hydrogens (tertiary/aromatic N) is 2. The Morgan fingerprint density at radius 1 is 0.719 bits per heavy atom. The summed E-state index contributed by atoms with van der Waals surface area (Å²) in [6, 6.07) is 1.77. The van der Waals surface area contributed by atoms with Gasteiger partial charge in [0, 0.05) is 12.1 Å². The van der Waals surface area contributed by atoms with Gasteiger partial charge in [-0.2, -0.15) is 0 Å². The van der Waals surface area contributed by atoms with E-state index < -0.39 is 17.6 Å². The average Bonchev–Trinajstić information content (AvgIpc) is 3.46. The quantitative estimate of drug-likeness (QED) is 0.280. The van der Waals surface area contributed by atoms with Gasteiger partial charge in [-0.1, -0.05) is 12.8 Å². The molecule has 4 fully saturated rings. The van der Waals surface area contributed by atoms with Crippen LogP contribution in [0.2, 0.25) is 12.1 Å². The summed E-state index contributed by atoms with van der Waals surface area (Å²) >= 11 is 0. The van der Waals surface area contributed by atoms with E-state index in [0.29, 0.717) is 19.7 Å². The summed E-state index contributed by atoms with van der Waals surface area (Å²) < 4.78 is 34.9. The molecule has 4 heterocycles. The maximum absolute atomic E-state index is 5.92. The predicted octanol–water partition coefficient (Wildman–Crippen LogP) is 1.35. The Morgan fingerprint density at radius 2 is 1.25 bits per heavy atom. The van der Waals surface area contributed by atoms with Crippen LogP contribution < -0.4 is 11.5 Å². The second-order valence-electron chi connectivity index (χ2n) is 8.51. The molecule has 5 atom stereocenters. The van der Waals surface area contributed by atoms with Crippen molar-refractivity contribution in [3.63, 3.8) is 0 Å². The molecule has 4 rings (SSSR count). The summed E-state index contributed by atoms with van der Waals surface area (Å²) in [6.07, 6.45) is 2.87. The molecule has 0 aromatic heterocycles. The maximum atomic E-state index is 5.92. The van der Waals surface area contributed by atoms with Crippen LogP contribution in [0.5, 0.6) is 0 Å². The van der Waals surface area contributed by atoms with Gasteiger partial charge in [0.25, 0.3) is 0 Å². The van der Waals surface area contributed by atoms with Crippen LogP contribution in [0.1, 0.15) is 33.6 Å². The van der Waals surface area contributed by atoms with Crippen molar-refractivity contribution in [2.75, 3.05) is 45.9 Å². The van der Waals surface area contributed by atoms with E-state index in [9.17, 15) is 0 Å². The summed E-state index contributed by atoms with van der Waals surface area (Å²) in [5.41, 5.74) is 10.7. The van der Waals surface area contributed by atoms with Crippen molar-refractivity contribution in [3.8, 4) is 0 Å². The second kappa shape index (κ2) is 13.6. The van der Waals surface area contributed by atoms with E-state index in [0.717, 1.165) is 51.1 Å². The third-order valence-electron chi connectivity index (χ3n) is 5.83. The van der Waals surface area contributed by atoms with Crippen LogP contribution in [0.25, 0.3) is 10.6 Å². The third-order valence-corrected chi connectivity index (χ3v) is 11.9. The number of rotatable bonds is 12. The van der Waals surface area contributed by atoms with E-state index in [1.807, 2.05) is 0 Å². The van der Waals surface area contributed by atoms with Gasteiger partial charge in [0.1, 0.15) is 0 Å². The van der Waals surface area contributed by atoms with Gasteiger partial charge < -0.3 is 48.7 Å². The SMILES string of the molecule is CC1O[Si]2(CCC[N-]CCN)OC(C)C1O2.CC1O[Si]2(CCC[N-]CCN)OCC1O2.[Cu+2]. The molecule has 0 amide bonds. The summed E-state index contributed by atoms with van der Waals surface area (Å²) in [6.45, 7) is 11.3. The van der Waals surface area contributed by atoms with Crippen molar-refractivity contribution in [1.82, 2.24) is 0 Å². The molecule has 0 aromatic carbocycles. The zero-order chi connectivity index (χ0) is 22.3. The summed E-state index contributed by atoms with van der Waals surface area (Å²) in [5, 5.41) is 8.58. The molecule has 4 aliphatic heterocycles. The topological polar surface area (TPSA) is 136 Å². The first-order chi connectivity index (χ1) is 14.9. The van der Waals surface area contributed by atoms with Crippen LogP contribution in [0.3, 0.4) is 0 Å². The van der Waals surface area contributed by atoms with Gasteiger partial charge in [-0.05, 0) is 33.9 Å². The smallest absolute Gasteiger partial charge is 0.661 e. The third kappa shape index (κ3) is 7.52. The van der Waals surface area contributed by atoms with Crippen LogP contribution in [0.4, 0.5) is 0 Å². The Hall–Kier alpha value is 0.553. The zero-order valence-electron chi connectivity index (χ0n) is 19.5. The summed E-state index contributed by atoms with van der Waals surface area (Å²) in [4.78, 5) is 0. The first kappa shape index (κ1) is 28.8. The fraction of sp³-hybridized carbons (Fsp3) is 1.00. The van der Waals surface area contributed by atoms with Gasteiger partial charge in [0.15, 0.2) is 0 Å². The number of fused-ring (bicyclic) bond motifs is 4. The molecular weight excluding hydrogens is 500 g/mol. The minimum absolute atomic E-state index is 0. The molecule has 32 heavy (non-hydrogen) atoms. The molecule has 4 bridgehead atoms. The van der Waals surface area contributed by atoms with Crippen molar-refractivity contribution in [2.45, 2.75) is 76.2 Å². The molecule has 13 heteroatoms.